The Kier molecular flexibility index (Phi) is 4.25. The molecule has 1 unspecified atom stereocenters. The maximum Gasteiger partial charge on any atom is 0.156 e. The van der Waals surface area contributed by atoms with Gasteiger partial charge in [0.2, 0.25) is 0 Å². The average molecular weight is 421 g/mol. The van der Waals surface area contributed by atoms with Gasteiger partial charge in [-0.3, -0.25) is 4.79 Å². The van der Waals surface area contributed by atoms with Crippen molar-refractivity contribution in [2.75, 3.05) is 6.61 Å². The molecular formula is C27H29ClO2. The van der Waals surface area contributed by atoms with Crippen molar-refractivity contribution in [1.82, 2.24) is 0 Å². The molecule has 5 aliphatic rings. The number of hydrogen-bond donors (Lipinski definition) is 0. The van der Waals surface area contributed by atoms with Gasteiger partial charge in [0, 0.05) is 22.8 Å². The van der Waals surface area contributed by atoms with Gasteiger partial charge in [0.1, 0.15) is 0 Å². The average Bonchev–Trinajstić information content (AvgIpc) is 3.34. The summed E-state index contributed by atoms with van der Waals surface area (Å²) in [6.45, 7) is 3.25. The predicted molar refractivity (Wildman–Crippen MR) is 120 cm³/mol. The fraction of sp³-hybridized carbons (Fsp3) is 0.519. The van der Waals surface area contributed by atoms with Crippen LogP contribution < -0.4 is 0 Å². The van der Waals surface area contributed by atoms with Crippen molar-refractivity contribution in [3.63, 3.8) is 0 Å². The topological polar surface area (TPSA) is 26.3 Å². The van der Waals surface area contributed by atoms with Crippen LogP contribution in [0.1, 0.15) is 63.4 Å². The third-order valence-electron chi connectivity index (χ3n) is 9.01. The summed E-state index contributed by atoms with van der Waals surface area (Å²) in [4.78, 5) is 12.1. The zero-order valence-corrected chi connectivity index (χ0v) is 18.4. The second-order valence-corrected chi connectivity index (χ2v) is 10.6. The maximum atomic E-state index is 12.1. The first-order chi connectivity index (χ1) is 14.5. The van der Waals surface area contributed by atoms with Gasteiger partial charge >= 0.3 is 0 Å². The molecule has 0 amide bonds. The molecule has 2 fully saturated rings. The highest BCUT2D eigenvalue weighted by Crippen LogP contribution is 2.68. The Bertz CT molecular complexity index is 1000. The summed E-state index contributed by atoms with van der Waals surface area (Å²) in [6, 6.07) is 8.51. The summed E-state index contributed by atoms with van der Waals surface area (Å²) >= 11 is 6.24. The van der Waals surface area contributed by atoms with E-state index < -0.39 is 0 Å². The van der Waals surface area contributed by atoms with E-state index in [4.69, 9.17) is 16.3 Å². The Balaban J connectivity index is 1.53. The summed E-state index contributed by atoms with van der Waals surface area (Å²) in [5.41, 5.74) is 5.89. The fourth-order valence-corrected chi connectivity index (χ4v) is 7.80. The predicted octanol–water partition coefficient (Wildman–Crippen LogP) is 6.56. The van der Waals surface area contributed by atoms with Crippen LogP contribution in [-0.2, 0) is 9.53 Å². The lowest BCUT2D eigenvalue weighted by Crippen LogP contribution is -2.51. The molecule has 1 aromatic carbocycles. The van der Waals surface area contributed by atoms with Crippen molar-refractivity contribution < 1.29 is 9.53 Å². The lowest BCUT2D eigenvalue weighted by Gasteiger charge is -2.54. The second kappa shape index (κ2) is 6.68. The number of ether oxygens (including phenoxy) is 1. The Labute approximate surface area is 184 Å². The number of carbonyl (C=O) groups excluding carboxylic acids is 1. The van der Waals surface area contributed by atoms with Gasteiger partial charge < -0.3 is 4.74 Å². The van der Waals surface area contributed by atoms with E-state index in [-0.39, 0.29) is 11.0 Å². The number of allylic oxidation sites excluding steroid dienone is 4. The van der Waals surface area contributed by atoms with Crippen molar-refractivity contribution in [3.05, 3.63) is 69.8 Å². The molecule has 2 nitrogen and oxygen atoms in total. The molecule has 0 radical (unpaired) electrons. The third-order valence-corrected chi connectivity index (χ3v) is 9.27. The minimum Gasteiger partial charge on any atom is -0.366 e. The van der Waals surface area contributed by atoms with Crippen molar-refractivity contribution in [1.29, 1.82) is 0 Å². The highest BCUT2D eigenvalue weighted by atomic mass is 35.5. The van der Waals surface area contributed by atoms with Crippen LogP contribution in [0.3, 0.4) is 0 Å². The molecule has 3 heteroatoms. The fourth-order valence-electron chi connectivity index (χ4n) is 7.67. The summed E-state index contributed by atoms with van der Waals surface area (Å²) in [5.74, 6) is 1.95. The molecular weight excluding hydrogens is 392 g/mol. The molecule has 6 rings (SSSR count). The van der Waals surface area contributed by atoms with Gasteiger partial charge in [0.15, 0.2) is 5.78 Å². The Morgan fingerprint density at radius 1 is 1.10 bits per heavy atom. The number of carbonyl (C=O) groups is 1. The van der Waals surface area contributed by atoms with Gasteiger partial charge in [0.05, 0.1) is 12.2 Å². The third kappa shape index (κ3) is 2.56. The summed E-state index contributed by atoms with van der Waals surface area (Å²) in [6.07, 6.45) is 13.9. The first-order valence-corrected chi connectivity index (χ1v) is 11.9. The van der Waals surface area contributed by atoms with Crippen LogP contribution in [0, 0.1) is 17.3 Å². The van der Waals surface area contributed by atoms with Crippen LogP contribution in [0.2, 0.25) is 5.02 Å². The van der Waals surface area contributed by atoms with Crippen LogP contribution in [-0.4, -0.2) is 18.0 Å². The quantitative estimate of drug-likeness (QED) is 0.480. The van der Waals surface area contributed by atoms with Crippen LogP contribution in [0.25, 0.3) is 0 Å². The number of ketones is 1. The smallest absolute Gasteiger partial charge is 0.156 e. The molecule has 156 valence electrons. The molecule has 4 aliphatic carbocycles. The van der Waals surface area contributed by atoms with Crippen molar-refractivity contribution >= 4 is 17.4 Å². The number of rotatable bonds is 1. The zero-order valence-electron chi connectivity index (χ0n) is 17.6. The van der Waals surface area contributed by atoms with Gasteiger partial charge in [-0.2, -0.15) is 0 Å². The molecule has 2 saturated carbocycles. The summed E-state index contributed by atoms with van der Waals surface area (Å²) < 4.78 is 6.47. The highest BCUT2D eigenvalue weighted by Gasteiger charge is 2.63. The van der Waals surface area contributed by atoms with Crippen LogP contribution >= 0.6 is 11.6 Å². The van der Waals surface area contributed by atoms with Crippen molar-refractivity contribution in [3.8, 4) is 0 Å². The number of benzene rings is 1. The van der Waals surface area contributed by atoms with Gasteiger partial charge in [-0.1, -0.05) is 48.4 Å². The summed E-state index contributed by atoms with van der Waals surface area (Å²) in [7, 11) is 0. The van der Waals surface area contributed by atoms with E-state index in [0.717, 1.165) is 37.3 Å². The lowest BCUT2D eigenvalue weighted by molar-refractivity contribution is -0.114. The van der Waals surface area contributed by atoms with Crippen LogP contribution in [0.5, 0.6) is 0 Å². The minimum absolute atomic E-state index is 0.100. The van der Waals surface area contributed by atoms with Gasteiger partial charge in [-0.05, 0) is 85.3 Å². The highest BCUT2D eigenvalue weighted by molar-refractivity contribution is 6.30. The van der Waals surface area contributed by atoms with E-state index in [1.165, 1.54) is 29.6 Å². The monoisotopic (exact) mass is 420 g/mol. The van der Waals surface area contributed by atoms with E-state index in [1.807, 2.05) is 18.2 Å². The van der Waals surface area contributed by atoms with Crippen molar-refractivity contribution in [2.45, 2.75) is 63.4 Å². The lowest BCUT2D eigenvalue weighted by atomic mass is 9.51. The number of fused-ring (bicyclic) bond motifs is 5. The standard InChI is InChI=1S/C27H29ClO2/c1-26-16-23(17-3-6-19(28)7-4-17)25-21-10-8-20(29)15-18(21)5-9-22(25)24(26)11-13-27(26)12-2-14-30-27/h2-4,6-7,12,15,22-24H,5,8-11,13-14,16H2,1H3/t22-,23+,24-,26-,27?/m0/s1. The minimum atomic E-state index is -0.100. The summed E-state index contributed by atoms with van der Waals surface area (Å²) in [5, 5.41) is 0.791. The molecule has 5 atom stereocenters. The van der Waals surface area contributed by atoms with Gasteiger partial charge in [-0.15, -0.1) is 0 Å². The van der Waals surface area contributed by atoms with E-state index >= 15 is 0 Å². The van der Waals surface area contributed by atoms with E-state index in [0.29, 0.717) is 30.0 Å². The Morgan fingerprint density at radius 3 is 2.70 bits per heavy atom. The molecule has 30 heavy (non-hydrogen) atoms. The zero-order chi connectivity index (χ0) is 20.5. The molecule has 0 aromatic heterocycles. The molecule has 0 N–H and O–H groups in total. The van der Waals surface area contributed by atoms with Crippen LogP contribution in [0.4, 0.5) is 0 Å². The maximum absolute atomic E-state index is 12.1. The number of hydrogen-bond acceptors (Lipinski definition) is 2. The van der Waals surface area contributed by atoms with Gasteiger partial charge in [-0.25, -0.2) is 0 Å². The van der Waals surface area contributed by atoms with E-state index in [1.54, 1.807) is 5.57 Å². The molecule has 1 aromatic rings. The molecule has 1 heterocycles. The molecule has 0 saturated heterocycles. The second-order valence-electron chi connectivity index (χ2n) is 10.2. The SMILES string of the molecule is C[C@]12C[C@H](c3ccc(Cl)cc3)C3=C4CCC(=O)C=C4CC[C@H]3[C@@H]1CCC21C=CCO1. The Hall–Kier alpha value is -1.64. The van der Waals surface area contributed by atoms with E-state index in [2.05, 4.69) is 31.2 Å². The largest absolute Gasteiger partial charge is 0.366 e. The van der Waals surface area contributed by atoms with Gasteiger partial charge in [0.25, 0.3) is 0 Å². The molecule has 1 spiro atoms. The number of halogens is 1. The first-order valence-electron chi connectivity index (χ1n) is 11.5. The Morgan fingerprint density at radius 2 is 1.93 bits per heavy atom. The van der Waals surface area contributed by atoms with E-state index in [9.17, 15) is 4.79 Å². The van der Waals surface area contributed by atoms with Crippen molar-refractivity contribution in [2.24, 2.45) is 17.3 Å². The van der Waals surface area contributed by atoms with Crippen LogP contribution in [0.15, 0.2) is 59.2 Å². The first kappa shape index (κ1) is 19.1. The normalized spacial score (nSPS) is 39.7. The molecule has 1 aliphatic heterocycles. The molecule has 0 bridgehead atoms.